The Bertz CT molecular complexity index is 1330. The van der Waals surface area contributed by atoms with Gasteiger partial charge in [-0.25, -0.2) is 0 Å². The highest BCUT2D eigenvalue weighted by Gasteiger charge is 2.28. The molecule has 5 N–H and O–H groups in total. The van der Waals surface area contributed by atoms with Crippen LogP contribution in [0.2, 0.25) is 0 Å². The minimum Gasteiger partial charge on any atom is -0.481 e. The van der Waals surface area contributed by atoms with Crippen molar-refractivity contribution >= 4 is 110 Å². The van der Waals surface area contributed by atoms with Crippen LogP contribution < -0.4 is 16.0 Å². The Kier molecular flexibility index (Phi) is 42.9. The molecule has 0 aromatic heterocycles. The van der Waals surface area contributed by atoms with Crippen molar-refractivity contribution in [1.29, 1.82) is 0 Å². The number of carbonyl (C=O) groups is 9. The maximum atomic E-state index is 13.6. The van der Waals surface area contributed by atoms with E-state index in [4.69, 9.17) is 30.5 Å². The molecule has 2 atom stereocenters. The van der Waals surface area contributed by atoms with Gasteiger partial charge in [0.15, 0.2) is 11.6 Å². The number of halogens is 1. The summed E-state index contributed by atoms with van der Waals surface area (Å²) in [5, 5.41) is 26.6. The lowest BCUT2D eigenvalue weighted by Gasteiger charge is -2.27. The number of Topliss-reactive ketones (excluding diaryl/α,β-unsaturated/α-hetero) is 3. The van der Waals surface area contributed by atoms with Crippen molar-refractivity contribution in [3.8, 4) is 0 Å². The van der Waals surface area contributed by atoms with Crippen molar-refractivity contribution in [2.75, 3.05) is 128 Å². The highest BCUT2D eigenvalue weighted by Crippen LogP contribution is 2.18. The van der Waals surface area contributed by atoms with Gasteiger partial charge in [0.05, 0.1) is 57.1 Å². The first-order chi connectivity index (χ1) is 30.1. The zero-order chi connectivity index (χ0) is 47.7. The number of nitrogens with zero attached hydrogens (tertiary/aromatic N) is 1. The van der Waals surface area contributed by atoms with Crippen LogP contribution in [0, 0.1) is 11.8 Å². The number of thioether (sulfide) groups is 2. The maximum Gasteiger partial charge on any atom is 0.306 e. The first-order valence-electron chi connectivity index (χ1n) is 20.2. The van der Waals surface area contributed by atoms with E-state index in [1.54, 1.807) is 27.8 Å². The summed E-state index contributed by atoms with van der Waals surface area (Å²) in [4.78, 5) is 110. The van der Waals surface area contributed by atoms with Crippen LogP contribution in [-0.2, 0) is 62.1 Å². The molecule has 0 aliphatic rings. The average molecular weight is 996 g/mol. The normalized spacial score (nSPS) is 11.6. The molecule has 0 saturated carbocycles. The number of carboxylic acid groups (broad SMARTS) is 2. The molecule has 4 amide bonds. The van der Waals surface area contributed by atoms with Gasteiger partial charge < -0.3 is 50.0 Å². The zero-order valence-corrected chi connectivity index (χ0v) is 40.8. The maximum absolute atomic E-state index is 13.6. The molecule has 0 aromatic carbocycles. The number of carboxylic acids is 2. The van der Waals surface area contributed by atoms with E-state index in [0.29, 0.717) is 12.2 Å². The number of ketones is 3. The number of ether oxygens (including phenoxy) is 4. The average Bonchev–Trinajstić information content (AvgIpc) is 3.24. The van der Waals surface area contributed by atoms with Crippen molar-refractivity contribution in [2.24, 2.45) is 11.8 Å². The summed E-state index contributed by atoms with van der Waals surface area (Å²) in [6.45, 7) is 0.863. The van der Waals surface area contributed by atoms with Crippen molar-refractivity contribution in [3.63, 3.8) is 0 Å². The van der Waals surface area contributed by atoms with Gasteiger partial charge in [0.25, 0.3) is 0 Å². The van der Waals surface area contributed by atoms with E-state index in [1.807, 2.05) is 6.26 Å². The predicted molar refractivity (Wildman–Crippen MR) is 248 cm³/mol. The van der Waals surface area contributed by atoms with Gasteiger partial charge in [-0.15, -0.1) is 11.6 Å². The third-order valence-electron chi connectivity index (χ3n) is 8.25. The molecule has 0 heterocycles. The van der Waals surface area contributed by atoms with Gasteiger partial charge in [0.1, 0.15) is 24.9 Å². The number of nitrogens with one attached hydrogen (secondary N) is 3. The quantitative estimate of drug-likeness (QED) is 0.0333. The van der Waals surface area contributed by atoms with Gasteiger partial charge in [-0.2, -0.15) is 23.5 Å². The zero-order valence-electron chi connectivity index (χ0n) is 36.8. The second kappa shape index (κ2) is 43.3. The standard InChI is InChI=1S/C37H61ClN4O15S2.C2H6S2/c1-58-25-29(43)4-3-12-42(13-9-39-34(48)26-59-2)36(51)27(6-8-35(49)50)20-30(44)23-56-18-16-54-14-10-40-32(46)7-5-28(37(52)53)21-31(45)24-57-19-17-55-15-11-41-33(47)22-38;1-3-4-2/h27-28H,3-26H2,1-2H3,(H,39,48)(H,40,46)(H,41,47)(H,49,50)(H,52,53);1-2H3/t27-,28?;/m1./s1. The molecule has 0 saturated heterocycles. The summed E-state index contributed by atoms with van der Waals surface area (Å²) >= 11 is 8.10. The molecule has 0 rings (SSSR count). The van der Waals surface area contributed by atoms with Crippen molar-refractivity contribution < 1.29 is 72.3 Å². The molecule has 0 fully saturated rings. The van der Waals surface area contributed by atoms with E-state index in [0.717, 1.165) is 0 Å². The molecule has 0 spiro atoms. The Morgan fingerprint density at radius 1 is 0.571 bits per heavy atom. The molecule has 0 aliphatic carbocycles. The van der Waals surface area contributed by atoms with E-state index in [2.05, 4.69) is 28.5 Å². The molecule has 0 aromatic rings. The minimum absolute atomic E-state index is 0.0130. The Morgan fingerprint density at radius 2 is 1.08 bits per heavy atom. The summed E-state index contributed by atoms with van der Waals surface area (Å²) < 4.78 is 21.2. The summed E-state index contributed by atoms with van der Waals surface area (Å²) in [5.74, 6) is -6.15. The fourth-order valence-electron chi connectivity index (χ4n) is 5.17. The van der Waals surface area contributed by atoms with Crippen LogP contribution in [0.15, 0.2) is 0 Å². The number of hydrogen-bond donors (Lipinski definition) is 5. The molecule has 0 aliphatic heterocycles. The molecule has 0 radical (unpaired) electrons. The lowest BCUT2D eigenvalue weighted by molar-refractivity contribution is -0.145. The first kappa shape index (κ1) is 62.4. The second-order valence-corrected chi connectivity index (χ2v) is 18.0. The van der Waals surface area contributed by atoms with Crippen molar-refractivity contribution in [1.82, 2.24) is 20.9 Å². The van der Waals surface area contributed by atoms with E-state index in [-0.39, 0.29) is 160 Å². The second-order valence-electron chi connectivity index (χ2n) is 13.4. The highest BCUT2D eigenvalue weighted by atomic mass is 35.5. The smallest absolute Gasteiger partial charge is 0.306 e. The van der Waals surface area contributed by atoms with E-state index in [1.165, 1.54) is 28.4 Å². The molecule has 19 nitrogen and oxygen atoms in total. The Labute approximate surface area is 392 Å². The summed E-state index contributed by atoms with van der Waals surface area (Å²) in [5.41, 5.74) is 0. The van der Waals surface area contributed by atoms with Crippen molar-refractivity contribution in [3.05, 3.63) is 0 Å². The lowest BCUT2D eigenvalue weighted by atomic mass is 9.95. The Hall–Kier alpha value is -2.64. The molecule has 63 heavy (non-hydrogen) atoms. The van der Waals surface area contributed by atoms with Crippen LogP contribution in [0.1, 0.15) is 51.4 Å². The predicted octanol–water partition coefficient (Wildman–Crippen LogP) is 2.05. The molecule has 1 unspecified atom stereocenters. The largest absolute Gasteiger partial charge is 0.481 e. The molecule has 0 bridgehead atoms. The van der Waals surface area contributed by atoms with Gasteiger partial charge in [0, 0.05) is 70.7 Å². The number of alkyl halides is 1. The lowest BCUT2D eigenvalue weighted by Crippen LogP contribution is -2.43. The molecule has 24 heteroatoms. The van der Waals surface area contributed by atoms with Crippen LogP contribution in [-0.4, -0.2) is 196 Å². The third kappa shape index (κ3) is 39.5. The first-order valence-corrected chi connectivity index (χ1v) is 26.4. The number of aliphatic carboxylic acids is 2. The number of rotatable bonds is 41. The number of carbonyl (C=O) groups excluding carboxylic acids is 7. The van der Waals surface area contributed by atoms with Crippen LogP contribution in [0.4, 0.5) is 0 Å². The Morgan fingerprint density at radius 3 is 1.59 bits per heavy atom. The van der Waals surface area contributed by atoms with Gasteiger partial charge in [0.2, 0.25) is 23.6 Å². The Balaban J connectivity index is 0. The van der Waals surface area contributed by atoms with Crippen LogP contribution >= 0.6 is 56.7 Å². The minimum atomic E-state index is -1.21. The number of amides is 4. The van der Waals surface area contributed by atoms with Gasteiger partial charge in [-0.05, 0) is 44.3 Å². The molecular formula is C39H67ClN4O15S4. The van der Waals surface area contributed by atoms with E-state index < -0.39 is 47.2 Å². The fourth-order valence-corrected chi connectivity index (χ4v) is 6.10. The number of hydrogen-bond acceptors (Lipinski definition) is 17. The topological polar surface area (TPSA) is 270 Å². The van der Waals surface area contributed by atoms with Crippen LogP contribution in [0.25, 0.3) is 0 Å². The molecule has 364 valence electrons. The van der Waals surface area contributed by atoms with Gasteiger partial charge in [-0.3, -0.25) is 43.2 Å². The summed E-state index contributed by atoms with van der Waals surface area (Å²) in [6, 6.07) is 0. The summed E-state index contributed by atoms with van der Waals surface area (Å²) in [7, 11) is 3.55. The molecular weight excluding hydrogens is 928 g/mol. The van der Waals surface area contributed by atoms with Gasteiger partial charge >= 0.3 is 11.9 Å². The fraction of sp³-hybridized carbons (Fsp3) is 0.769. The summed E-state index contributed by atoms with van der Waals surface area (Å²) in [6.07, 6.45) is 7.14. The van der Waals surface area contributed by atoms with Crippen LogP contribution in [0.5, 0.6) is 0 Å². The highest BCUT2D eigenvalue weighted by molar-refractivity contribution is 8.76. The van der Waals surface area contributed by atoms with E-state index in [9.17, 15) is 53.4 Å². The third-order valence-corrected chi connectivity index (χ3v) is 11.0. The van der Waals surface area contributed by atoms with E-state index >= 15 is 0 Å². The van der Waals surface area contributed by atoms with Crippen molar-refractivity contribution in [2.45, 2.75) is 51.4 Å². The monoisotopic (exact) mass is 994 g/mol. The van der Waals surface area contributed by atoms with Crippen LogP contribution in [0.3, 0.4) is 0 Å². The SMILES string of the molecule is CSCC(=O)CCCN(CCNC(=O)CSC)C(=O)[C@H](CCC(=O)O)CC(=O)COCCOCCNC(=O)CCC(CC(=O)COCCOCCNC(=O)CCl)C(=O)O.CSSC. The van der Waals surface area contributed by atoms with Gasteiger partial charge in [-0.1, -0.05) is 21.6 Å².